The molecule has 0 aliphatic heterocycles. The van der Waals surface area contributed by atoms with Gasteiger partial charge in [0.05, 0.1) is 18.2 Å². The molecule has 0 radical (unpaired) electrons. The van der Waals surface area contributed by atoms with Crippen LogP contribution in [0.15, 0.2) is 53.7 Å². The predicted molar refractivity (Wildman–Crippen MR) is 101 cm³/mol. The molecule has 0 spiro atoms. The van der Waals surface area contributed by atoms with Crippen LogP contribution in [0.3, 0.4) is 0 Å². The molecule has 1 heterocycles. The molecule has 0 bridgehead atoms. The van der Waals surface area contributed by atoms with Gasteiger partial charge in [-0.3, -0.25) is 5.10 Å². The number of halogens is 1. The van der Waals surface area contributed by atoms with Crippen LogP contribution in [0.2, 0.25) is 5.02 Å². The number of ether oxygens (including phenoxy) is 2. The second-order valence-corrected chi connectivity index (χ2v) is 6.66. The van der Waals surface area contributed by atoms with Gasteiger partial charge >= 0.3 is 5.97 Å². The van der Waals surface area contributed by atoms with Crippen LogP contribution in [0.25, 0.3) is 11.4 Å². The third-order valence-electron chi connectivity index (χ3n) is 3.44. The van der Waals surface area contributed by atoms with Gasteiger partial charge < -0.3 is 9.47 Å². The summed E-state index contributed by atoms with van der Waals surface area (Å²) in [6.07, 6.45) is 0. The Hall–Kier alpha value is -2.51. The third kappa shape index (κ3) is 4.56. The number of thioether (sulfide) groups is 1. The van der Waals surface area contributed by atoms with Crippen LogP contribution in [-0.2, 0) is 4.74 Å². The number of esters is 1. The van der Waals surface area contributed by atoms with Gasteiger partial charge in [0.25, 0.3) is 0 Å². The van der Waals surface area contributed by atoms with Gasteiger partial charge in [0.2, 0.25) is 5.16 Å². The predicted octanol–water partition coefficient (Wildman–Crippen LogP) is 4.08. The number of nitrogens with zero attached hydrogens (tertiary/aromatic N) is 2. The lowest BCUT2D eigenvalue weighted by molar-refractivity contribution is 0.0530. The van der Waals surface area contributed by atoms with E-state index >= 15 is 0 Å². The Balaban J connectivity index is 1.55. The first-order valence-corrected chi connectivity index (χ1v) is 9.15. The van der Waals surface area contributed by atoms with Gasteiger partial charge in [-0.2, -0.15) is 0 Å². The highest BCUT2D eigenvalue weighted by Crippen LogP contribution is 2.31. The van der Waals surface area contributed by atoms with Gasteiger partial charge in [0.1, 0.15) is 12.4 Å². The molecule has 2 aromatic carbocycles. The van der Waals surface area contributed by atoms with E-state index in [1.54, 1.807) is 49.6 Å². The lowest BCUT2D eigenvalue weighted by Crippen LogP contribution is -2.07. The molecule has 0 aliphatic rings. The topological polar surface area (TPSA) is 77.1 Å². The van der Waals surface area contributed by atoms with Crippen LogP contribution in [0.4, 0.5) is 0 Å². The van der Waals surface area contributed by atoms with Crippen molar-refractivity contribution in [3.8, 4) is 17.1 Å². The molecule has 0 unspecified atom stereocenters. The minimum absolute atomic E-state index is 0.267. The van der Waals surface area contributed by atoms with E-state index in [9.17, 15) is 4.79 Å². The van der Waals surface area contributed by atoms with E-state index in [4.69, 9.17) is 21.1 Å². The molecule has 26 heavy (non-hydrogen) atoms. The van der Waals surface area contributed by atoms with Gasteiger partial charge in [-0.15, -0.1) is 5.10 Å². The molecule has 0 amide bonds. The van der Waals surface area contributed by atoms with Gasteiger partial charge in [-0.05, 0) is 30.3 Å². The van der Waals surface area contributed by atoms with Crippen LogP contribution in [0.5, 0.6) is 5.75 Å². The van der Waals surface area contributed by atoms with E-state index in [1.165, 1.54) is 11.8 Å². The third-order valence-corrected chi connectivity index (χ3v) is 4.49. The fraction of sp³-hybridized carbons (Fsp3) is 0.167. The summed E-state index contributed by atoms with van der Waals surface area (Å²) in [4.78, 5) is 16.3. The number of methoxy groups -OCH3 is 1. The first kappa shape index (κ1) is 18.3. The Morgan fingerprint density at radius 2 is 2.04 bits per heavy atom. The number of aromatic amines is 1. The lowest BCUT2D eigenvalue weighted by Gasteiger charge is -2.05. The Bertz CT molecular complexity index is 886. The maximum absolute atomic E-state index is 11.9. The molecule has 8 heteroatoms. The average Bonchev–Trinajstić information content (AvgIpc) is 3.14. The SMILES string of the molecule is COc1ccc(Cl)cc1-c1nc(SCCOC(=O)c2ccccc2)n[nH]1. The maximum atomic E-state index is 11.9. The molecule has 1 aromatic heterocycles. The van der Waals surface area contributed by atoms with Crippen molar-refractivity contribution >= 4 is 29.3 Å². The number of carbonyl (C=O) groups is 1. The number of nitrogens with one attached hydrogen (secondary N) is 1. The molecule has 3 rings (SSSR count). The smallest absolute Gasteiger partial charge is 0.338 e. The molecule has 3 aromatic rings. The number of hydrogen-bond donors (Lipinski definition) is 1. The Kier molecular flexibility index (Phi) is 6.14. The highest BCUT2D eigenvalue weighted by molar-refractivity contribution is 7.99. The van der Waals surface area contributed by atoms with Crippen LogP contribution >= 0.6 is 23.4 Å². The summed E-state index contributed by atoms with van der Waals surface area (Å²) in [6.45, 7) is 0.267. The summed E-state index contributed by atoms with van der Waals surface area (Å²) in [5, 5.41) is 8.17. The summed E-state index contributed by atoms with van der Waals surface area (Å²) in [6, 6.07) is 14.2. The molecule has 6 nitrogen and oxygen atoms in total. The van der Waals surface area contributed by atoms with Gasteiger partial charge in [0.15, 0.2) is 5.82 Å². The molecular weight excluding hydrogens is 374 g/mol. The molecule has 1 N–H and O–H groups in total. The monoisotopic (exact) mass is 389 g/mol. The summed E-state index contributed by atoms with van der Waals surface area (Å²) in [7, 11) is 1.58. The molecule has 0 fully saturated rings. The summed E-state index contributed by atoms with van der Waals surface area (Å²) >= 11 is 7.43. The molecule has 0 atom stereocenters. The molecule has 134 valence electrons. The first-order chi connectivity index (χ1) is 12.7. The zero-order chi connectivity index (χ0) is 18.4. The average molecular weight is 390 g/mol. The Morgan fingerprint density at radius 1 is 1.23 bits per heavy atom. The van der Waals surface area contributed by atoms with Crippen molar-refractivity contribution in [2.24, 2.45) is 0 Å². The van der Waals surface area contributed by atoms with Gasteiger partial charge in [0, 0.05) is 10.8 Å². The van der Waals surface area contributed by atoms with E-state index < -0.39 is 0 Å². The fourth-order valence-corrected chi connectivity index (χ4v) is 3.01. The molecule has 0 saturated carbocycles. The lowest BCUT2D eigenvalue weighted by atomic mass is 10.2. The highest BCUT2D eigenvalue weighted by Gasteiger charge is 2.12. The summed E-state index contributed by atoms with van der Waals surface area (Å²) < 4.78 is 10.6. The zero-order valence-corrected chi connectivity index (χ0v) is 15.5. The van der Waals surface area contributed by atoms with Crippen molar-refractivity contribution < 1.29 is 14.3 Å². The molecule has 0 saturated heterocycles. The van der Waals surface area contributed by atoms with E-state index in [0.717, 1.165) is 5.56 Å². The van der Waals surface area contributed by atoms with E-state index in [2.05, 4.69) is 15.2 Å². The zero-order valence-electron chi connectivity index (χ0n) is 13.9. The number of carbonyl (C=O) groups excluding carboxylic acids is 1. The van der Waals surface area contributed by atoms with E-state index in [0.29, 0.717) is 33.1 Å². The van der Waals surface area contributed by atoms with Crippen molar-refractivity contribution in [1.29, 1.82) is 0 Å². The van der Waals surface area contributed by atoms with Crippen LogP contribution in [0, 0.1) is 0 Å². The van der Waals surface area contributed by atoms with Crippen molar-refractivity contribution in [3.05, 3.63) is 59.1 Å². The number of aromatic nitrogens is 3. The number of hydrogen-bond acceptors (Lipinski definition) is 6. The van der Waals surface area contributed by atoms with Crippen molar-refractivity contribution in [3.63, 3.8) is 0 Å². The normalized spacial score (nSPS) is 10.5. The van der Waals surface area contributed by atoms with E-state index in [1.807, 2.05) is 6.07 Å². The maximum Gasteiger partial charge on any atom is 0.338 e. The second-order valence-electron chi connectivity index (χ2n) is 5.16. The summed E-state index contributed by atoms with van der Waals surface area (Å²) in [5.41, 5.74) is 1.26. The van der Waals surface area contributed by atoms with E-state index in [-0.39, 0.29) is 12.6 Å². The van der Waals surface area contributed by atoms with Crippen molar-refractivity contribution in [2.75, 3.05) is 19.5 Å². The quantitative estimate of drug-likeness (QED) is 0.372. The number of rotatable bonds is 7. The minimum atomic E-state index is -0.342. The van der Waals surface area contributed by atoms with Crippen LogP contribution < -0.4 is 4.74 Å². The van der Waals surface area contributed by atoms with Crippen LogP contribution in [0.1, 0.15) is 10.4 Å². The molecular formula is C18H16ClN3O3S. The second kappa shape index (κ2) is 8.73. The first-order valence-electron chi connectivity index (χ1n) is 7.78. The van der Waals surface area contributed by atoms with Gasteiger partial charge in [-0.25, -0.2) is 9.78 Å². The van der Waals surface area contributed by atoms with Gasteiger partial charge in [-0.1, -0.05) is 41.6 Å². The van der Waals surface area contributed by atoms with Crippen molar-refractivity contribution in [1.82, 2.24) is 15.2 Å². The Morgan fingerprint density at radius 3 is 2.81 bits per heavy atom. The molecule has 0 aliphatic carbocycles. The minimum Gasteiger partial charge on any atom is -0.496 e. The standard InChI is InChI=1S/C18H16ClN3O3S/c1-24-15-8-7-13(19)11-14(15)16-20-18(22-21-16)26-10-9-25-17(23)12-5-3-2-4-6-12/h2-8,11H,9-10H2,1H3,(H,20,21,22). The number of H-pyrrole nitrogens is 1. The Labute approximate surface area is 159 Å². The summed E-state index contributed by atoms with van der Waals surface area (Å²) in [5.74, 6) is 1.42. The van der Waals surface area contributed by atoms with Crippen molar-refractivity contribution in [2.45, 2.75) is 5.16 Å². The largest absolute Gasteiger partial charge is 0.496 e. The fourth-order valence-electron chi connectivity index (χ4n) is 2.22. The highest BCUT2D eigenvalue weighted by atomic mass is 35.5. The number of benzene rings is 2. The van der Waals surface area contributed by atoms with Crippen LogP contribution in [-0.4, -0.2) is 40.6 Å².